The lowest BCUT2D eigenvalue weighted by Crippen LogP contribution is -2.34. The van der Waals surface area contributed by atoms with E-state index in [1.165, 1.54) is 6.26 Å². The second kappa shape index (κ2) is 6.37. The Morgan fingerprint density at radius 2 is 2.00 bits per heavy atom. The number of rotatable bonds is 2. The summed E-state index contributed by atoms with van der Waals surface area (Å²) >= 11 is 0. The molecule has 1 amide bonds. The molecule has 0 saturated carbocycles. The molecule has 0 atom stereocenters. The number of aromatic nitrogens is 1. The van der Waals surface area contributed by atoms with Gasteiger partial charge in [0.25, 0.3) is 5.91 Å². The van der Waals surface area contributed by atoms with Gasteiger partial charge in [-0.2, -0.15) is 0 Å². The van der Waals surface area contributed by atoms with Gasteiger partial charge in [-0.05, 0) is 38.9 Å². The third-order valence-corrected chi connectivity index (χ3v) is 4.06. The highest BCUT2D eigenvalue weighted by Crippen LogP contribution is 2.24. The first kappa shape index (κ1) is 13.6. The van der Waals surface area contributed by atoms with Crippen LogP contribution in [0, 0.1) is 0 Å². The summed E-state index contributed by atoms with van der Waals surface area (Å²) in [6.07, 6.45) is 4.58. The largest absolute Gasteiger partial charge is 0.448 e. The van der Waals surface area contributed by atoms with Gasteiger partial charge in [-0.3, -0.25) is 4.79 Å². The zero-order valence-corrected chi connectivity index (χ0v) is 11.7. The molecule has 0 aliphatic carbocycles. The Hall–Kier alpha value is -1.40. The van der Waals surface area contributed by atoms with E-state index in [0.29, 0.717) is 11.6 Å². The van der Waals surface area contributed by atoms with Gasteiger partial charge in [0.15, 0.2) is 11.6 Å². The molecular formula is C14H22N4O2. The van der Waals surface area contributed by atoms with Gasteiger partial charge in [0.1, 0.15) is 6.26 Å². The monoisotopic (exact) mass is 278 g/mol. The molecule has 0 unspecified atom stereocenters. The Balaban J connectivity index is 1.67. The second-order valence-electron chi connectivity index (χ2n) is 5.49. The van der Waals surface area contributed by atoms with Gasteiger partial charge < -0.3 is 20.0 Å². The lowest BCUT2D eigenvalue weighted by Gasteiger charge is -2.19. The van der Waals surface area contributed by atoms with Crippen LogP contribution in [-0.2, 0) is 0 Å². The van der Waals surface area contributed by atoms with Crippen LogP contribution in [0.4, 0.5) is 0 Å². The van der Waals surface area contributed by atoms with Crippen LogP contribution in [0.15, 0.2) is 10.7 Å². The fourth-order valence-corrected chi connectivity index (χ4v) is 2.85. The number of amides is 1. The average Bonchev–Trinajstić information content (AvgIpc) is 2.83. The second-order valence-corrected chi connectivity index (χ2v) is 5.49. The molecule has 110 valence electrons. The van der Waals surface area contributed by atoms with Gasteiger partial charge in [-0.1, -0.05) is 0 Å². The van der Waals surface area contributed by atoms with Crippen molar-refractivity contribution >= 4 is 5.91 Å². The van der Waals surface area contributed by atoms with E-state index in [4.69, 9.17) is 4.42 Å². The fourth-order valence-electron chi connectivity index (χ4n) is 2.85. The molecule has 0 spiro atoms. The smallest absolute Gasteiger partial charge is 0.275 e. The summed E-state index contributed by atoms with van der Waals surface area (Å²) in [5, 5.41) is 6.62. The van der Waals surface area contributed by atoms with Gasteiger partial charge in [-0.15, -0.1) is 0 Å². The van der Waals surface area contributed by atoms with Crippen molar-refractivity contribution in [3.63, 3.8) is 0 Å². The molecule has 1 aromatic rings. The van der Waals surface area contributed by atoms with Gasteiger partial charge in [-0.25, -0.2) is 4.98 Å². The SMILES string of the molecule is O=C(c1coc(C2CCNCC2)n1)N1CCCNCC1. The lowest BCUT2D eigenvalue weighted by atomic mass is 9.98. The Bertz CT molecular complexity index is 446. The quantitative estimate of drug-likeness (QED) is 0.828. The summed E-state index contributed by atoms with van der Waals surface area (Å²) < 4.78 is 5.55. The first-order valence-corrected chi connectivity index (χ1v) is 7.51. The third-order valence-electron chi connectivity index (χ3n) is 4.06. The maximum absolute atomic E-state index is 12.4. The predicted octanol–water partition coefficient (Wildman–Crippen LogP) is 0.577. The molecule has 3 heterocycles. The Kier molecular flexibility index (Phi) is 4.32. The maximum Gasteiger partial charge on any atom is 0.275 e. The van der Waals surface area contributed by atoms with Crippen molar-refractivity contribution < 1.29 is 9.21 Å². The Labute approximate surface area is 118 Å². The fraction of sp³-hybridized carbons (Fsp3) is 0.714. The van der Waals surface area contributed by atoms with E-state index in [1.54, 1.807) is 0 Å². The molecule has 2 N–H and O–H groups in total. The van der Waals surface area contributed by atoms with E-state index in [-0.39, 0.29) is 5.91 Å². The van der Waals surface area contributed by atoms with E-state index >= 15 is 0 Å². The van der Waals surface area contributed by atoms with Crippen LogP contribution >= 0.6 is 0 Å². The summed E-state index contributed by atoms with van der Waals surface area (Å²) in [5.74, 6) is 1.07. The van der Waals surface area contributed by atoms with Crippen molar-refractivity contribution in [2.45, 2.75) is 25.2 Å². The molecule has 0 aromatic carbocycles. The number of carbonyl (C=O) groups is 1. The first-order valence-electron chi connectivity index (χ1n) is 7.51. The van der Waals surface area contributed by atoms with Crippen LogP contribution < -0.4 is 10.6 Å². The number of hydrogen-bond acceptors (Lipinski definition) is 5. The topological polar surface area (TPSA) is 70.4 Å². The van der Waals surface area contributed by atoms with Crippen LogP contribution in [0.25, 0.3) is 0 Å². The third kappa shape index (κ3) is 3.02. The summed E-state index contributed by atoms with van der Waals surface area (Å²) in [5.41, 5.74) is 0.459. The summed E-state index contributed by atoms with van der Waals surface area (Å²) in [4.78, 5) is 18.7. The Morgan fingerprint density at radius 1 is 1.20 bits per heavy atom. The highest BCUT2D eigenvalue weighted by atomic mass is 16.3. The molecule has 2 fully saturated rings. The maximum atomic E-state index is 12.4. The summed E-state index contributed by atoms with van der Waals surface area (Å²) in [6.45, 7) is 5.35. The molecule has 2 aliphatic heterocycles. The zero-order valence-electron chi connectivity index (χ0n) is 11.7. The molecule has 6 nitrogen and oxygen atoms in total. The number of piperidine rings is 1. The van der Waals surface area contributed by atoms with E-state index in [9.17, 15) is 4.79 Å². The molecule has 1 aromatic heterocycles. The van der Waals surface area contributed by atoms with Gasteiger partial charge >= 0.3 is 0 Å². The van der Waals surface area contributed by atoms with Crippen molar-refractivity contribution in [2.75, 3.05) is 39.3 Å². The Morgan fingerprint density at radius 3 is 2.85 bits per heavy atom. The van der Waals surface area contributed by atoms with Crippen molar-refractivity contribution in [3.05, 3.63) is 17.8 Å². The highest BCUT2D eigenvalue weighted by Gasteiger charge is 2.24. The number of nitrogens with one attached hydrogen (secondary N) is 2. The average molecular weight is 278 g/mol. The van der Waals surface area contributed by atoms with Crippen LogP contribution in [-0.4, -0.2) is 55.1 Å². The van der Waals surface area contributed by atoms with E-state index in [0.717, 1.165) is 64.4 Å². The predicted molar refractivity (Wildman–Crippen MR) is 74.7 cm³/mol. The van der Waals surface area contributed by atoms with Crippen molar-refractivity contribution in [3.8, 4) is 0 Å². The normalized spacial score (nSPS) is 21.7. The molecule has 3 rings (SSSR count). The minimum atomic E-state index is -0.00219. The minimum Gasteiger partial charge on any atom is -0.448 e. The van der Waals surface area contributed by atoms with Crippen LogP contribution in [0.1, 0.15) is 41.6 Å². The van der Waals surface area contributed by atoms with Crippen molar-refractivity contribution in [2.24, 2.45) is 0 Å². The molecule has 2 saturated heterocycles. The summed E-state index contributed by atoms with van der Waals surface area (Å²) in [7, 11) is 0. The van der Waals surface area contributed by atoms with Gasteiger partial charge in [0.2, 0.25) is 0 Å². The standard InChI is InChI=1S/C14H22N4O2/c19-14(18-8-1-4-15-7-9-18)12-10-20-13(17-12)11-2-5-16-6-3-11/h10-11,15-16H,1-9H2. The molecule has 6 heteroatoms. The number of oxazole rings is 1. The highest BCUT2D eigenvalue weighted by molar-refractivity contribution is 5.92. The number of carbonyl (C=O) groups excluding carboxylic acids is 1. The molecule has 20 heavy (non-hydrogen) atoms. The van der Waals surface area contributed by atoms with Crippen LogP contribution in [0.2, 0.25) is 0 Å². The van der Waals surface area contributed by atoms with Crippen LogP contribution in [0.5, 0.6) is 0 Å². The van der Waals surface area contributed by atoms with Crippen molar-refractivity contribution in [1.82, 2.24) is 20.5 Å². The number of hydrogen-bond donors (Lipinski definition) is 2. The summed E-state index contributed by atoms with van der Waals surface area (Å²) in [6, 6.07) is 0. The minimum absolute atomic E-state index is 0.00219. The lowest BCUT2D eigenvalue weighted by molar-refractivity contribution is 0.0760. The number of nitrogens with zero attached hydrogens (tertiary/aromatic N) is 2. The zero-order chi connectivity index (χ0) is 13.8. The van der Waals surface area contributed by atoms with E-state index in [1.807, 2.05) is 4.90 Å². The van der Waals surface area contributed by atoms with Gasteiger partial charge in [0.05, 0.1) is 0 Å². The first-order chi connectivity index (χ1) is 9.84. The molecular weight excluding hydrogens is 256 g/mol. The van der Waals surface area contributed by atoms with Crippen LogP contribution in [0.3, 0.4) is 0 Å². The molecule has 0 radical (unpaired) electrons. The van der Waals surface area contributed by atoms with E-state index in [2.05, 4.69) is 15.6 Å². The molecule has 2 aliphatic rings. The van der Waals surface area contributed by atoms with E-state index < -0.39 is 0 Å². The molecule has 0 bridgehead atoms. The van der Waals surface area contributed by atoms with Crippen molar-refractivity contribution in [1.29, 1.82) is 0 Å². The van der Waals surface area contributed by atoms with Gasteiger partial charge in [0, 0.05) is 25.6 Å².